The molecule has 1 N–H and O–H groups in total. The molecule has 2 heterocycles. The summed E-state index contributed by atoms with van der Waals surface area (Å²) >= 11 is 6.50. The summed E-state index contributed by atoms with van der Waals surface area (Å²) in [6.07, 6.45) is 2.83. The van der Waals surface area contributed by atoms with Gasteiger partial charge in [0.05, 0.1) is 18.4 Å². The highest BCUT2D eigenvalue weighted by atomic mass is 35.5. The largest absolute Gasteiger partial charge is 0.463 e. The second kappa shape index (κ2) is 9.78. The summed E-state index contributed by atoms with van der Waals surface area (Å²) in [5, 5.41) is 7.89. The maximum absolute atomic E-state index is 13.0. The van der Waals surface area contributed by atoms with E-state index in [1.807, 2.05) is 19.1 Å². The van der Waals surface area contributed by atoms with Crippen molar-refractivity contribution in [2.45, 2.75) is 39.5 Å². The summed E-state index contributed by atoms with van der Waals surface area (Å²) in [6, 6.07) is 7.22. The van der Waals surface area contributed by atoms with Crippen molar-refractivity contribution < 1.29 is 23.9 Å². The second-order valence-electron chi connectivity index (χ2n) is 6.98. The van der Waals surface area contributed by atoms with Crippen LogP contribution in [0.2, 0.25) is 5.02 Å². The van der Waals surface area contributed by atoms with Crippen molar-refractivity contribution in [1.29, 1.82) is 0 Å². The highest BCUT2D eigenvalue weighted by molar-refractivity contribution is 6.31. The molecule has 1 aromatic heterocycles. The Labute approximate surface area is 185 Å². The Balaban J connectivity index is 2.17. The van der Waals surface area contributed by atoms with Gasteiger partial charge in [-0.25, -0.2) is 4.79 Å². The van der Waals surface area contributed by atoms with Crippen LogP contribution in [-0.4, -0.2) is 40.8 Å². The van der Waals surface area contributed by atoms with Gasteiger partial charge in [0.1, 0.15) is 5.82 Å². The van der Waals surface area contributed by atoms with Crippen LogP contribution < -0.4 is 5.32 Å². The van der Waals surface area contributed by atoms with E-state index in [0.717, 1.165) is 11.1 Å². The highest BCUT2D eigenvalue weighted by Gasteiger charge is 2.38. The molecule has 1 unspecified atom stereocenters. The summed E-state index contributed by atoms with van der Waals surface area (Å²) in [4.78, 5) is 36.7. The summed E-state index contributed by atoms with van der Waals surface area (Å²) in [5.41, 5.74) is 2.39. The number of hydrogen-bond acceptors (Lipinski definition) is 7. The third-order valence-electron chi connectivity index (χ3n) is 4.84. The van der Waals surface area contributed by atoms with E-state index in [2.05, 4.69) is 10.4 Å². The monoisotopic (exact) mass is 445 g/mol. The topological polar surface area (TPSA) is 99.5 Å². The third kappa shape index (κ3) is 4.64. The number of ether oxygens (including phenoxy) is 2. The van der Waals surface area contributed by atoms with Crippen molar-refractivity contribution >= 4 is 35.3 Å². The van der Waals surface area contributed by atoms with Gasteiger partial charge in [-0.2, -0.15) is 9.78 Å². The van der Waals surface area contributed by atoms with E-state index in [4.69, 9.17) is 21.1 Å². The minimum Gasteiger partial charge on any atom is -0.463 e. The molecule has 164 valence electrons. The van der Waals surface area contributed by atoms with E-state index in [-0.39, 0.29) is 6.61 Å². The van der Waals surface area contributed by atoms with Gasteiger partial charge in [-0.3, -0.25) is 9.59 Å². The Morgan fingerprint density at radius 1 is 1.16 bits per heavy atom. The van der Waals surface area contributed by atoms with Crippen LogP contribution in [0.3, 0.4) is 0 Å². The van der Waals surface area contributed by atoms with Crippen molar-refractivity contribution in [3.05, 3.63) is 57.9 Å². The van der Waals surface area contributed by atoms with Crippen molar-refractivity contribution in [2.75, 3.05) is 18.5 Å². The fraction of sp³-hybridized carbons (Fsp3) is 0.364. The molecule has 2 aromatic rings. The van der Waals surface area contributed by atoms with Gasteiger partial charge < -0.3 is 14.8 Å². The predicted octanol–water partition coefficient (Wildman–Crippen LogP) is 3.91. The fourth-order valence-corrected chi connectivity index (χ4v) is 3.83. The third-order valence-corrected chi connectivity index (χ3v) is 5.18. The van der Waals surface area contributed by atoms with Crippen molar-refractivity contribution in [3.63, 3.8) is 0 Å². The van der Waals surface area contributed by atoms with Crippen LogP contribution in [0, 0.1) is 0 Å². The van der Waals surface area contributed by atoms with Crippen LogP contribution in [0.4, 0.5) is 5.82 Å². The SMILES string of the molecule is CCCC1=C(C(=O)OCC)C(c2ccccc2Cl)c2cnn(C(=O)COC(C)=O)c2N1. The molecular formula is C22H24ClN3O5. The lowest BCUT2D eigenvalue weighted by molar-refractivity contribution is -0.140. The van der Waals surface area contributed by atoms with Gasteiger partial charge in [0.15, 0.2) is 6.61 Å². The number of hydrogen-bond donors (Lipinski definition) is 1. The minimum absolute atomic E-state index is 0.226. The number of nitrogens with zero attached hydrogens (tertiary/aromatic N) is 2. The Hall–Kier alpha value is -3.13. The molecule has 0 fully saturated rings. The molecule has 9 heteroatoms. The van der Waals surface area contributed by atoms with Gasteiger partial charge in [-0.15, -0.1) is 0 Å². The van der Waals surface area contributed by atoms with Crippen LogP contribution in [0.15, 0.2) is 41.7 Å². The Bertz CT molecular complexity index is 1040. The zero-order chi connectivity index (χ0) is 22.5. The molecule has 0 radical (unpaired) electrons. The second-order valence-corrected chi connectivity index (χ2v) is 7.38. The molecule has 0 bridgehead atoms. The number of carbonyl (C=O) groups is 3. The molecule has 0 saturated heterocycles. The molecule has 0 aliphatic carbocycles. The smallest absolute Gasteiger partial charge is 0.336 e. The number of esters is 2. The first-order valence-electron chi connectivity index (χ1n) is 10.0. The number of benzene rings is 1. The Kier molecular flexibility index (Phi) is 7.12. The Morgan fingerprint density at radius 2 is 1.90 bits per heavy atom. The summed E-state index contributed by atoms with van der Waals surface area (Å²) in [7, 11) is 0. The van der Waals surface area contributed by atoms with Gasteiger partial charge in [0.2, 0.25) is 0 Å². The number of allylic oxidation sites excluding steroid dienone is 1. The molecular weight excluding hydrogens is 422 g/mol. The zero-order valence-electron chi connectivity index (χ0n) is 17.6. The van der Waals surface area contributed by atoms with Crippen molar-refractivity contribution in [1.82, 2.24) is 9.78 Å². The van der Waals surface area contributed by atoms with Gasteiger partial charge in [0.25, 0.3) is 5.91 Å². The van der Waals surface area contributed by atoms with Crippen LogP contribution >= 0.6 is 11.6 Å². The standard InChI is InChI=1S/C22H24ClN3O5/c1-4-8-17-20(22(29)30-5-2)19(14-9-6-7-10-16(14)23)15-11-24-26(21(15)25-17)18(28)12-31-13(3)27/h6-7,9-11,19,25H,4-5,8,12H2,1-3H3. The average Bonchev–Trinajstić information content (AvgIpc) is 3.15. The first kappa shape index (κ1) is 22.6. The maximum atomic E-state index is 13.0. The lowest BCUT2D eigenvalue weighted by Crippen LogP contribution is -2.28. The minimum atomic E-state index is -0.569. The predicted molar refractivity (Wildman–Crippen MR) is 115 cm³/mol. The first-order chi connectivity index (χ1) is 14.9. The van der Waals surface area contributed by atoms with E-state index in [1.54, 1.807) is 19.1 Å². The van der Waals surface area contributed by atoms with E-state index < -0.39 is 30.4 Å². The summed E-state index contributed by atoms with van der Waals surface area (Å²) in [5.74, 6) is -1.68. The van der Waals surface area contributed by atoms with E-state index in [0.29, 0.717) is 39.7 Å². The van der Waals surface area contributed by atoms with E-state index >= 15 is 0 Å². The molecule has 0 amide bonds. The molecule has 1 aromatic carbocycles. The summed E-state index contributed by atoms with van der Waals surface area (Å²) in [6.45, 7) is 4.74. The molecule has 1 aliphatic rings. The average molecular weight is 446 g/mol. The normalized spacial score (nSPS) is 15.2. The molecule has 8 nitrogen and oxygen atoms in total. The molecule has 3 rings (SSSR count). The number of carbonyl (C=O) groups excluding carboxylic acids is 3. The first-order valence-corrected chi connectivity index (χ1v) is 10.4. The number of anilines is 1. The van der Waals surface area contributed by atoms with Gasteiger partial charge in [-0.05, 0) is 25.0 Å². The molecule has 1 aliphatic heterocycles. The Morgan fingerprint density at radius 3 is 2.55 bits per heavy atom. The van der Waals surface area contributed by atoms with E-state index in [1.165, 1.54) is 13.1 Å². The van der Waals surface area contributed by atoms with Crippen LogP contribution in [0.25, 0.3) is 0 Å². The van der Waals surface area contributed by atoms with Crippen LogP contribution in [-0.2, 0) is 19.1 Å². The van der Waals surface area contributed by atoms with Crippen molar-refractivity contribution in [2.24, 2.45) is 0 Å². The number of aromatic nitrogens is 2. The fourth-order valence-electron chi connectivity index (χ4n) is 3.58. The van der Waals surface area contributed by atoms with E-state index in [9.17, 15) is 14.4 Å². The number of halogens is 1. The lowest BCUT2D eigenvalue weighted by atomic mass is 9.82. The number of rotatable bonds is 7. The zero-order valence-corrected chi connectivity index (χ0v) is 18.4. The van der Waals surface area contributed by atoms with Gasteiger partial charge in [0, 0.05) is 29.1 Å². The van der Waals surface area contributed by atoms with Gasteiger partial charge in [-0.1, -0.05) is 43.1 Å². The molecule has 1 atom stereocenters. The number of nitrogens with one attached hydrogen (secondary N) is 1. The van der Waals surface area contributed by atoms with Crippen LogP contribution in [0.1, 0.15) is 55.5 Å². The summed E-state index contributed by atoms with van der Waals surface area (Å²) < 4.78 is 11.3. The number of fused-ring (bicyclic) bond motifs is 1. The molecule has 31 heavy (non-hydrogen) atoms. The lowest BCUT2D eigenvalue weighted by Gasteiger charge is -2.30. The van der Waals surface area contributed by atoms with Crippen LogP contribution in [0.5, 0.6) is 0 Å². The molecule has 0 saturated carbocycles. The maximum Gasteiger partial charge on any atom is 0.336 e. The highest BCUT2D eigenvalue weighted by Crippen LogP contribution is 2.45. The quantitative estimate of drug-likeness (QED) is 0.645. The van der Waals surface area contributed by atoms with Gasteiger partial charge >= 0.3 is 11.9 Å². The van der Waals surface area contributed by atoms with Crippen molar-refractivity contribution in [3.8, 4) is 0 Å². The molecule has 0 spiro atoms.